The van der Waals surface area contributed by atoms with E-state index in [1.807, 2.05) is 0 Å². The van der Waals surface area contributed by atoms with Crippen molar-refractivity contribution in [3.8, 4) is 0 Å². The van der Waals surface area contributed by atoms with Crippen LogP contribution in [-0.4, -0.2) is 59.3 Å². The minimum atomic E-state index is -1.26. The number of nitrogens with one attached hydrogen (secondary N) is 1. The first-order valence-corrected chi connectivity index (χ1v) is 7.17. The quantitative estimate of drug-likeness (QED) is 0.666. The van der Waals surface area contributed by atoms with E-state index in [-0.39, 0.29) is 0 Å². The van der Waals surface area contributed by atoms with Crippen LogP contribution < -0.4 is 5.32 Å². The highest BCUT2D eigenvalue weighted by atomic mass is 16.4. The summed E-state index contributed by atoms with van der Waals surface area (Å²) in [6.45, 7) is 5.24. The summed E-state index contributed by atoms with van der Waals surface area (Å²) in [4.78, 5) is 21.7. The van der Waals surface area contributed by atoms with Gasteiger partial charge in [-0.1, -0.05) is 6.42 Å². The van der Waals surface area contributed by atoms with E-state index in [1.54, 1.807) is 0 Å². The van der Waals surface area contributed by atoms with Crippen molar-refractivity contribution in [2.45, 2.75) is 38.1 Å². The molecule has 2 aliphatic heterocycles. The van der Waals surface area contributed by atoms with Gasteiger partial charge in [-0.05, 0) is 45.3 Å². The van der Waals surface area contributed by atoms with Gasteiger partial charge < -0.3 is 20.4 Å². The molecule has 0 spiro atoms. The number of hydrogen-bond donors (Lipinski definition) is 3. The van der Waals surface area contributed by atoms with Crippen molar-refractivity contribution in [1.29, 1.82) is 0 Å². The smallest absolute Gasteiger partial charge is 0.328 e. The average Bonchev–Trinajstić information content (AvgIpc) is 2.91. The molecular formula is C14H24N2O4. The summed E-state index contributed by atoms with van der Waals surface area (Å²) in [6, 6.07) is 0.803. The first kappa shape index (κ1) is 16.7. The lowest BCUT2D eigenvalue weighted by Gasteiger charge is -2.27. The molecule has 0 aromatic heterocycles. The summed E-state index contributed by atoms with van der Waals surface area (Å²) in [5, 5.41) is 19.2. The van der Waals surface area contributed by atoms with Gasteiger partial charge in [0.05, 0.1) is 0 Å². The number of likely N-dealkylation sites (tertiary alicyclic amines) is 1. The molecule has 2 aliphatic rings. The van der Waals surface area contributed by atoms with Crippen LogP contribution in [0.5, 0.6) is 0 Å². The number of hydrogen-bond acceptors (Lipinski definition) is 4. The number of carboxylic acid groups (broad SMARTS) is 2. The van der Waals surface area contributed by atoms with Crippen LogP contribution in [0.2, 0.25) is 0 Å². The maximum Gasteiger partial charge on any atom is 0.328 e. The van der Waals surface area contributed by atoms with Gasteiger partial charge in [0.1, 0.15) is 0 Å². The van der Waals surface area contributed by atoms with Gasteiger partial charge in [0, 0.05) is 24.7 Å². The Hall–Kier alpha value is -1.40. The third kappa shape index (κ3) is 7.91. The number of carboxylic acids is 2. The minimum absolute atomic E-state index is 0.558. The van der Waals surface area contributed by atoms with Crippen molar-refractivity contribution >= 4 is 11.9 Å². The Labute approximate surface area is 119 Å². The molecule has 0 aliphatic carbocycles. The van der Waals surface area contributed by atoms with Crippen molar-refractivity contribution < 1.29 is 19.8 Å². The summed E-state index contributed by atoms with van der Waals surface area (Å²) in [7, 11) is 0. The van der Waals surface area contributed by atoms with Crippen molar-refractivity contribution in [1.82, 2.24) is 10.2 Å². The predicted octanol–water partition coefficient (Wildman–Crippen LogP) is 0.936. The highest BCUT2D eigenvalue weighted by Crippen LogP contribution is 2.12. The van der Waals surface area contributed by atoms with Crippen LogP contribution in [0.1, 0.15) is 32.1 Å². The fourth-order valence-corrected chi connectivity index (χ4v) is 2.50. The molecule has 0 aromatic carbocycles. The summed E-state index contributed by atoms with van der Waals surface area (Å²) in [5.74, 6) is -2.51. The summed E-state index contributed by atoms with van der Waals surface area (Å²) in [6.07, 6.45) is 8.18. The van der Waals surface area contributed by atoms with E-state index in [1.165, 1.54) is 58.3 Å². The summed E-state index contributed by atoms with van der Waals surface area (Å²) in [5.41, 5.74) is 0. The molecule has 0 saturated carbocycles. The number of rotatable bonds is 4. The molecule has 114 valence electrons. The van der Waals surface area contributed by atoms with Gasteiger partial charge in [-0.2, -0.15) is 0 Å². The van der Waals surface area contributed by atoms with Crippen LogP contribution in [-0.2, 0) is 9.59 Å². The second-order valence-corrected chi connectivity index (χ2v) is 5.16. The zero-order valence-electron chi connectivity index (χ0n) is 11.8. The van der Waals surface area contributed by atoms with E-state index in [9.17, 15) is 9.59 Å². The third-order valence-corrected chi connectivity index (χ3v) is 3.46. The molecule has 0 radical (unpaired) electrons. The van der Waals surface area contributed by atoms with Crippen LogP contribution in [0, 0.1) is 0 Å². The number of carbonyl (C=O) groups is 2. The highest BCUT2D eigenvalue weighted by Gasteiger charge is 2.18. The zero-order valence-corrected chi connectivity index (χ0v) is 11.8. The molecule has 2 rings (SSSR count). The van der Waals surface area contributed by atoms with Gasteiger partial charge in [-0.15, -0.1) is 0 Å². The lowest BCUT2D eigenvalue weighted by molar-refractivity contribution is -0.134. The van der Waals surface area contributed by atoms with Crippen LogP contribution >= 0.6 is 0 Å². The topological polar surface area (TPSA) is 89.9 Å². The normalized spacial score (nSPS) is 23.3. The predicted molar refractivity (Wildman–Crippen MR) is 75.7 cm³/mol. The van der Waals surface area contributed by atoms with Crippen LogP contribution in [0.3, 0.4) is 0 Å². The van der Waals surface area contributed by atoms with E-state index in [2.05, 4.69) is 10.2 Å². The molecule has 2 fully saturated rings. The molecule has 0 aromatic rings. The van der Waals surface area contributed by atoms with Gasteiger partial charge in [-0.25, -0.2) is 9.59 Å². The average molecular weight is 284 g/mol. The molecule has 2 heterocycles. The monoisotopic (exact) mass is 284 g/mol. The Morgan fingerprint density at radius 3 is 2.10 bits per heavy atom. The molecule has 20 heavy (non-hydrogen) atoms. The van der Waals surface area contributed by atoms with Crippen LogP contribution in [0.15, 0.2) is 12.2 Å². The highest BCUT2D eigenvalue weighted by molar-refractivity contribution is 5.89. The Balaban J connectivity index is 0.000000221. The van der Waals surface area contributed by atoms with Crippen molar-refractivity contribution in [3.63, 3.8) is 0 Å². The zero-order chi connectivity index (χ0) is 14.8. The van der Waals surface area contributed by atoms with E-state index in [0.717, 1.165) is 6.04 Å². The van der Waals surface area contributed by atoms with Crippen LogP contribution in [0.25, 0.3) is 0 Å². The number of piperidine rings is 1. The van der Waals surface area contributed by atoms with E-state index in [4.69, 9.17) is 10.2 Å². The van der Waals surface area contributed by atoms with Gasteiger partial charge in [0.15, 0.2) is 0 Å². The number of nitrogens with zero attached hydrogens (tertiary/aromatic N) is 1. The maximum atomic E-state index is 9.55. The largest absolute Gasteiger partial charge is 0.478 e. The fraction of sp³-hybridized carbons (Fsp3) is 0.714. The maximum absolute atomic E-state index is 9.55. The molecule has 0 bridgehead atoms. The summed E-state index contributed by atoms with van der Waals surface area (Å²) >= 11 is 0. The second-order valence-electron chi connectivity index (χ2n) is 5.16. The van der Waals surface area contributed by atoms with Crippen molar-refractivity contribution in [2.24, 2.45) is 0 Å². The van der Waals surface area contributed by atoms with Gasteiger partial charge in [-0.3, -0.25) is 0 Å². The van der Waals surface area contributed by atoms with Crippen molar-refractivity contribution in [3.05, 3.63) is 12.2 Å². The Kier molecular flexibility index (Phi) is 7.91. The van der Waals surface area contributed by atoms with E-state index in [0.29, 0.717) is 12.2 Å². The molecule has 3 N–H and O–H groups in total. The second kappa shape index (κ2) is 9.50. The molecule has 6 nitrogen and oxygen atoms in total. The van der Waals surface area contributed by atoms with E-state index < -0.39 is 11.9 Å². The first-order valence-electron chi connectivity index (χ1n) is 7.17. The fourth-order valence-electron chi connectivity index (χ4n) is 2.50. The lowest BCUT2D eigenvalue weighted by Crippen LogP contribution is -2.42. The Morgan fingerprint density at radius 1 is 1.05 bits per heavy atom. The lowest BCUT2D eigenvalue weighted by atomic mass is 10.0. The molecule has 6 heteroatoms. The molecule has 0 amide bonds. The summed E-state index contributed by atoms with van der Waals surface area (Å²) < 4.78 is 0. The van der Waals surface area contributed by atoms with E-state index >= 15 is 0 Å². The van der Waals surface area contributed by atoms with Gasteiger partial charge in [0.25, 0.3) is 0 Å². The molecule has 1 atom stereocenters. The van der Waals surface area contributed by atoms with Gasteiger partial charge in [0.2, 0.25) is 0 Å². The first-order chi connectivity index (χ1) is 9.58. The van der Waals surface area contributed by atoms with Crippen LogP contribution in [0.4, 0.5) is 0 Å². The SMILES string of the molecule is C1CCC(CN2CCCC2)NC1.O=C(O)/C=C\C(=O)O. The standard InChI is InChI=1S/C10H20N2.C4H4O4/c1-2-6-11-10(5-1)9-12-7-3-4-8-12;5-3(6)1-2-4(7)8/h10-11H,1-9H2;1-2H,(H,5,6)(H,7,8)/b;2-1-. The van der Waals surface area contributed by atoms with Gasteiger partial charge >= 0.3 is 11.9 Å². The molecule has 1 unspecified atom stereocenters. The molecule has 2 saturated heterocycles. The van der Waals surface area contributed by atoms with Crippen molar-refractivity contribution in [2.75, 3.05) is 26.2 Å². The number of aliphatic carboxylic acids is 2. The Bertz CT molecular complexity index is 316. The molecular weight excluding hydrogens is 260 g/mol. The Morgan fingerprint density at radius 2 is 1.65 bits per heavy atom. The third-order valence-electron chi connectivity index (χ3n) is 3.46. The minimum Gasteiger partial charge on any atom is -0.478 e.